The number of nitrogens with zero attached hydrogens (tertiary/aromatic N) is 2. The minimum atomic E-state index is -4.60. The number of aryl methyl sites for hydroxylation is 1. The third-order valence-corrected chi connectivity index (χ3v) is 7.03. The first-order chi connectivity index (χ1) is 16.5. The third-order valence-electron chi connectivity index (χ3n) is 7.03. The molecule has 184 valence electrons. The van der Waals surface area contributed by atoms with Crippen LogP contribution in [0.2, 0.25) is 0 Å². The van der Waals surface area contributed by atoms with Crippen molar-refractivity contribution in [1.29, 1.82) is 0 Å². The second-order valence-corrected chi connectivity index (χ2v) is 9.42. The van der Waals surface area contributed by atoms with Crippen LogP contribution in [-0.2, 0) is 10.2 Å². The third kappa shape index (κ3) is 3.76. The fourth-order valence-electron chi connectivity index (χ4n) is 5.34. The maximum Gasteiger partial charge on any atom is 0.409 e. The van der Waals surface area contributed by atoms with Crippen molar-refractivity contribution in [3.63, 3.8) is 0 Å². The Morgan fingerprint density at radius 1 is 1.31 bits per heavy atom. The van der Waals surface area contributed by atoms with Gasteiger partial charge in [0.15, 0.2) is 0 Å². The van der Waals surface area contributed by atoms with E-state index in [1.54, 1.807) is 38.1 Å². The summed E-state index contributed by atoms with van der Waals surface area (Å²) in [6, 6.07) is 7.38. The Morgan fingerprint density at radius 3 is 2.71 bits per heavy atom. The van der Waals surface area contributed by atoms with E-state index < -0.39 is 35.2 Å². The van der Waals surface area contributed by atoms with Crippen LogP contribution >= 0.6 is 0 Å². The summed E-state index contributed by atoms with van der Waals surface area (Å²) in [6.45, 7) is 3.94. The Hall–Kier alpha value is -3.40. The van der Waals surface area contributed by atoms with Crippen molar-refractivity contribution in [2.45, 2.75) is 50.4 Å². The number of ether oxygens (including phenoxy) is 1. The molecule has 2 aliphatic rings. The molecule has 1 spiro atoms. The molecular formula is C25H24F3N3O4. The summed E-state index contributed by atoms with van der Waals surface area (Å²) in [5.41, 5.74) is 0.381. The standard InChI is InChI=1S/C25H24F3N3O4/c1-13-9-16(14(2)29-18-6-4-3-5-15(18)22(33)34)20-17(10-13)21(32)31-19(25(26,27)28)11-24(23(31)30-20)7-8-35-12-24/h3-6,9-10,14,19,29H,7-8,11-12H2,1-2H3,(H,33,34)/t14-,19-,24-/m1/s1. The van der Waals surface area contributed by atoms with Crippen molar-refractivity contribution in [2.24, 2.45) is 0 Å². The molecule has 5 rings (SSSR count). The number of carbonyl (C=O) groups is 1. The van der Waals surface area contributed by atoms with Crippen LogP contribution in [0.1, 0.15) is 59.2 Å². The van der Waals surface area contributed by atoms with Crippen LogP contribution in [0.25, 0.3) is 10.9 Å². The Kier molecular flexibility index (Phi) is 5.39. The molecule has 0 saturated carbocycles. The lowest BCUT2D eigenvalue weighted by Crippen LogP contribution is -2.33. The summed E-state index contributed by atoms with van der Waals surface area (Å²) in [4.78, 5) is 29.9. The second-order valence-electron chi connectivity index (χ2n) is 9.42. The van der Waals surface area contributed by atoms with Gasteiger partial charge >= 0.3 is 12.1 Å². The van der Waals surface area contributed by atoms with Crippen molar-refractivity contribution in [2.75, 3.05) is 18.5 Å². The molecule has 1 fully saturated rings. The Bertz CT molecular complexity index is 1390. The van der Waals surface area contributed by atoms with E-state index in [-0.39, 0.29) is 29.8 Å². The Balaban J connectivity index is 1.70. The molecule has 0 unspecified atom stereocenters. The minimum Gasteiger partial charge on any atom is -0.478 e. The van der Waals surface area contributed by atoms with Gasteiger partial charge in [-0.15, -0.1) is 0 Å². The number of aromatic carboxylic acids is 1. The predicted octanol–water partition coefficient (Wildman–Crippen LogP) is 4.74. The number of hydrogen-bond acceptors (Lipinski definition) is 5. The second kappa shape index (κ2) is 8.08. The number of carboxylic acids is 1. The van der Waals surface area contributed by atoms with E-state index >= 15 is 0 Å². The van der Waals surface area contributed by atoms with Crippen LogP contribution in [0.5, 0.6) is 0 Å². The number of benzene rings is 2. The van der Waals surface area contributed by atoms with Gasteiger partial charge in [-0.2, -0.15) is 13.2 Å². The number of anilines is 1. The number of alkyl halides is 3. The topological polar surface area (TPSA) is 93.5 Å². The van der Waals surface area contributed by atoms with E-state index in [1.165, 1.54) is 6.07 Å². The summed E-state index contributed by atoms with van der Waals surface area (Å²) in [7, 11) is 0. The molecule has 7 nitrogen and oxygen atoms in total. The zero-order chi connectivity index (χ0) is 25.1. The number of para-hydroxylation sites is 1. The maximum atomic E-state index is 14.0. The quantitative estimate of drug-likeness (QED) is 0.552. The average Bonchev–Trinajstić information content (AvgIpc) is 3.40. The summed E-state index contributed by atoms with van der Waals surface area (Å²) < 4.78 is 48.3. The molecule has 3 atom stereocenters. The Labute approximate surface area is 198 Å². The van der Waals surface area contributed by atoms with E-state index in [1.807, 2.05) is 6.07 Å². The van der Waals surface area contributed by atoms with Crippen molar-refractivity contribution >= 4 is 22.6 Å². The molecule has 0 bridgehead atoms. The van der Waals surface area contributed by atoms with Crippen LogP contribution in [0, 0.1) is 6.92 Å². The van der Waals surface area contributed by atoms with Crippen molar-refractivity contribution < 1.29 is 27.8 Å². The van der Waals surface area contributed by atoms with Crippen molar-refractivity contribution in [1.82, 2.24) is 9.55 Å². The zero-order valence-electron chi connectivity index (χ0n) is 19.1. The van der Waals surface area contributed by atoms with Gasteiger partial charge < -0.3 is 15.2 Å². The van der Waals surface area contributed by atoms with Gasteiger partial charge in [0.2, 0.25) is 0 Å². The first-order valence-corrected chi connectivity index (χ1v) is 11.3. The van der Waals surface area contributed by atoms with Crippen LogP contribution in [0.15, 0.2) is 41.2 Å². The van der Waals surface area contributed by atoms with Gasteiger partial charge in [-0.05, 0) is 50.5 Å². The molecule has 35 heavy (non-hydrogen) atoms. The lowest BCUT2D eigenvalue weighted by Gasteiger charge is -2.22. The number of rotatable bonds is 4. The highest BCUT2D eigenvalue weighted by Crippen LogP contribution is 2.50. The van der Waals surface area contributed by atoms with Crippen LogP contribution in [0.4, 0.5) is 18.9 Å². The van der Waals surface area contributed by atoms with Crippen molar-refractivity contribution in [3.8, 4) is 0 Å². The molecule has 1 saturated heterocycles. The molecule has 0 radical (unpaired) electrons. The SMILES string of the molecule is Cc1cc([C@@H](C)Nc2ccccc2C(=O)O)c2nc3n(c(=O)c2c1)[C@@H](C(F)(F)F)C[C@@]31CCOC1. The largest absolute Gasteiger partial charge is 0.478 e. The molecule has 0 amide bonds. The van der Waals surface area contributed by atoms with Gasteiger partial charge in [0.05, 0.1) is 34.5 Å². The monoisotopic (exact) mass is 487 g/mol. The molecule has 1 aromatic heterocycles. The molecule has 2 aromatic carbocycles. The first kappa shape index (κ1) is 23.3. The highest BCUT2D eigenvalue weighted by atomic mass is 19.4. The smallest absolute Gasteiger partial charge is 0.409 e. The zero-order valence-corrected chi connectivity index (χ0v) is 19.1. The summed E-state index contributed by atoms with van der Waals surface area (Å²) in [6.07, 6.45) is -4.51. The van der Waals surface area contributed by atoms with Crippen LogP contribution in [0.3, 0.4) is 0 Å². The number of fused-ring (bicyclic) bond motifs is 3. The lowest BCUT2D eigenvalue weighted by molar-refractivity contribution is -0.168. The molecule has 10 heteroatoms. The van der Waals surface area contributed by atoms with Crippen LogP contribution in [-0.4, -0.2) is 40.0 Å². The lowest BCUT2D eigenvalue weighted by atomic mass is 9.83. The summed E-state index contributed by atoms with van der Waals surface area (Å²) in [5.74, 6) is -0.983. The average molecular weight is 487 g/mol. The van der Waals surface area contributed by atoms with E-state index in [2.05, 4.69) is 5.32 Å². The molecule has 2 aliphatic heterocycles. The normalized spacial score (nSPS) is 22.5. The highest BCUT2D eigenvalue weighted by Gasteiger charge is 2.57. The fourth-order valence-corrected chi connectivity index (χ4v) is 5.34. The van der Waals surface area contributed by atoms with Gasteiger partial charge in [0.25, 0.3) is 5.56 Å². The number of nitrogens with one attached hydrogen (secondary N) is 1. The van der Waals surface area contributed by atoms with Crippen molar-refractivity contribution in [3.05, 3.63) is 69.3 Å². The van der Waals surface area contributed by atoms with E-state index in [4.69, 9.17) is 9.72 Å². The molecule has 2 N–H and O–H groups in total. The van der Waals surface area contributed by atoms with E-state index in [9.17, 15) is 27.9 Å². The van der Waals surface area contributed by atoms with Crippen LogP contribution < -0.4 is 10.9 Å². The molecule has 3 heterocycles. The fraction of sp³-hybridized carbons (Fsp3) is 0.400. The minimum absolute atomic E-state index is 0.0819. The maximum absolute atomic E-state index is 14.0. The van der Waals surface area contributed by atoms with E-state index in [0.29, 0.717) is 35.4 Å². The first-order valence-electron chi connectivity index (χ1n) is 11.3. The van der Waals surface area contributed by atoms with Gasteiger partial charge in [0, 0.05) is 17.9 Å². The summed E-state index contributed by atoms with van der Waals surface area (Å²) >= 11 is 0. The Morgan fingerprint density at radius 2 is 2.06 bits per heavy atom. The number of hydrogen-bond donors (Lipinski definition) is 2. The van der Waals surface area contributed by atoms with Gasteiger partial charge in [-0.25, -0.2) is 9.78 Å². The molecule has 3 aromatic rings. The number of carboxylic acid groups (broad SMARTS) is 1. The predicted molar refractivity (Wildman–Crippen MR) is 123 cm³/mol. The molecule has 0 aliphatic carbocycles. The van der Waals surface area contributed by atoms with Gasteiger partial charge in [-0.3, -0.25) is 9.36 Å². The van der Waals surface area contributed by atoms with Gasteiger partial charge in [-0.1, -0.05) is 18.2 Å². The molecular weight excluding hydrogens is 463 g/mol. The highest BCUT2D eigenvalue weighted by molar-refractivity contribution is 5.94. The van der Waals surface area contributed by atoms with Gasteiger partial charge in [0.1, 0.15) is 11.9 Å². The van der Waals surface area contributed by atoms with E-state index in [0.717, 1.165) is 4.57 Å². The summed E-state index contributed by atoms with van der Waals surface area (Å²) in [5, 5.41) is 12.8. The number of aromatic nitrogens is 2. The number of halogens is 3.